The maximum absolute atomic E-state index is 13.2. The van der Waals surface area contributed by atoms with E-state index in [1.807, 2.05) is 0 Å². The van der Waals surface area contributed by atoms with Crippen LogP contribution in [0.3, 0.4) is 0 Å². The zero-order valence-electron chi connectivity index (χ0n) is 13.6. The smallest absolute Gasteiger partial charge is 0.247 e. The number of sulfonamides is 1. The zero-order valence-corrected chi connectivity index (χ0v) is 16.7. The number of anilines is 2. The van der Waals surface area contributed by atoms with Gasteiger partial charge in [0.2, 0.25) is 15.9 Å². The van der Waals surface area contributed by atoms with Crippen molar-refractivity contribution in [2.45, 2.75) is 13.0 Å². The highest BCUT2D eigenvalue weighted by Gasteiger charge is 2.29. The van der Waals surface area contributed by atoms with Crippen molar-refractivity contribution in [3.05, 3.63) is 57.3 Å². The molecule has 0 aliphatic carbocycles. The SMILES string of the molecule is C[C@H](C(=O)Nc1ccc(F)c(Cl)c1)N(c1cc(Cl)cc(Cl)c1)S(C)(=O)=O. The molecular weight excluding hydrogens is 426 g/mol. The second-order valence-corrected chi connectivity index (χ2v) is 8.62. The molecule has 2 aromatic carbocycles. The number of nitrogens with one attached hydrogen (secondary N) is 1. The minimum absolute atomic E-state index is 0.143. The molecule has 0 aliphatic heterocycles. The van der Waals surface area contributed by atoms with Gasteiger partial charge < -0.3 is 5.32 Å². The highest BCUT2D eigenvalue weighted by Crippen LogP contribution is 2.29. The summed E-state index contributed by atoms with van der Waals surface area (Å²) >= 11 is 17.5. The van der Waals surface area contributed by atoms with Gasteiger partial charge in [-0.25, -0.2) is 12.8 Å². The Kier molecular flexibility index (Phi) is 6.39. The Bertz CT molecular complexity index is 934. The maximum Gasteiger partial charge on any atom is 0.247 e. The highest BCUT2D eigenvalue weighted by molar-refractivity contribution is 7.92. The van der Waals surface area contributed by atoms with Crippen LogP contribution in [0.1, 0.15) is 6.92 Å². The van der Waals surface area contributed by atoms with Crippen LogP contribution in [0.2, 0.25) is 15.1 Å². The molecule has 26 heavy (non-hydrogen) atoms. The van der Waals surface area contributed by atoms with Crippen LogP contribution < -0.4 is 9.62 Å². The van der Waals surface area contributed by atoms with Gasteiger partial charge in [0.25, 0.3) is 0 Å². The number of nitrogens with zero attached hydrogens (tertiary/aromatic N) is 1. The summed E-state index contributed by atoms with van der Waals surface area (Å²) in [6.07, 6.45) is 0.959. The van der Waals surface area contributed by atoms with Crippen molar-refractivity contribution in [3.63, 3.8) is 0 Å². The van der Waals surface area contributed by atoms with Crippen LogP contribution in [0, 0.1) is 5.82 Å². The van der Waals surface area contributed by atoms with Gasteiger partial charge in [-0.2, -0.15) is 0 Å². The minimum atomic E-state index is -3.83. The first-order valence-electron chi connectivity index (χ1n) is 7.20. The van der Waals surface area contributed by atoms with Crippen molar-refractivity contribution >= 4 is 62.1 Å². The molecule has 5 nitrogen and oxygen atoms in total. The first kappa shape index (κ1) is 20.8. The number of carbonyl (C=O) groups excluding carboxylic acids is 1. The largest absolute Gasteiger partial charge is 0.324 e. The lowest BCUT2D eigenvalue weighted by Gasteiger charge is -2.28. The van der Waals surface area contributed by atoms with E-state index in [2.05, 4.69) is 5.32 Å². The molecule has 1 amide bonds. The number of hydrogen-bond donors (Lipinski definition) is 1. The average molecular weight is 440 g/mol. The van der Waals surface area contributed by atoms with E-state index >= 15 is 0 Å². The summed E-state index contributed by atoms with van der Waals surface area (Å²) in [5.74, 6) is -1.28. The molecular formula is C16H14Cl3FN2O3S. The van der Waals surface area contributed by atoms with E-state index in [9.17, 15) is 17.6 Å². The summed E-state index contributed by atoms with van der Waals surface area (Å²) < 4.78 is 38.6. The third-order valence-electron chi connectivity index (χ3n) is 3.38. The average Bonchev–Trinajstić information content (AvgIpc) is 2.48. The third-order valence-corrected chi connectivity index (χ3v) is 5.35. The molecule has 0 bridgehead atoms. The van der Waals surface area contributed by atoms with Crippen LogP contribution in [0.4, 0.5) is 15.8 Å². The monoisotopic (exact) mass is 438 g/mol. The van der Waals surface area contributed by atoms with Crippen molar-refractivity contribution in [3.8, 4) is 0 Å². The first-order chi connectivity index (χ1) is 12.0. The normalized spacial score (nSPS) is 12.5. The Balaban J connectivity index is 2.35. The molecule has 1 atom stereocenters. The summed E-state index contributed by atoms with van der Waals surface area (Å²) in [5, 5.41) is 2.77. The van der Waals surface area contributed by atoms with Gasteiger partial charge in [0.05, 0.1) is 17.0 Å². The van der Waals surface area contributed by atoms with E-state index in [0.29, 0.717) is 0 Å². The first-order valence-corrected chi connectivity index (χ1v) is 10.2. The number of carbonyl (C=O) groups is 1. The lowest BCUT2D eigenvalue weighted by Crippen LogP contribution is -2.45. The summed E-state index contributed by atoms with van der Waals surface area (Å²) in [4.78, 5) is 12.5. The molecule has 2 aromatic rings. The van der Waals surface area contributed by atoms with Crippen molar-refractivity contribution < 1.29 is 17.6 Å². The van der Waals surface area contributed by atoms with E-state index in [1.165, 1.54) is 37.3 Å². The molecule has 140 valence electrons. The van der Waals surface area contributed by atoms with E-state index in [-0.39, 0.29) is 26.4 Å². The van der Waals surface area contributed by atoms with E-state index < -0.39 is 27.8 Å². The molecule has 10 heteroatoms. The lowest BCUT2D eigenvalue weighted by molar-refractivity contribution is -0.116. The van der Waals surface area contributed by atoms with Gasteiger partial charge in [0, 0.05) is 15.7 Å². The van der Waals surface area contributed by atoms with Crippen molar-refractivity contribution in [1.82, 2.24) is 0 Å². The Morgan fingerprint density at radius 2 is 1.69 bits per heavy atom. The molecule has 0 radical (unpaired) electrons. The van der Waals surface area contributed by atoms with Crippen LogP contribution in [0.5, 0.6) is 0 Å². The highest BCUT2D eigenvalue weighted by atomic mass is 35.5. The second kappa shape index (κ2) is 8.00. The van der Waals surface area contributed by atoms with Crippen molar-refractivity contribution in [2.75, 3.05) is 15.9 Å². The van der Waals surface area contributed by atoms with Gasteiger partial charge in [0.15, 0.2) is 0 Å². The predicted molar refractivity (Wildman–Crippen MR) is 103 cm³/mol. The molecule has 0 heterocycles. The van der Waals surface area contributed by atoms with Gasteiger partial charge in [0.1, 0.15) is 11.9 Å². The van der Waals surface area contributed by atoms with Crippen LogP contribution in [0.15, 0.2) is 36.4 Å². The molecule has 0 spiro atoms. The lowest BCUT2D eigenvalue weighted by atomic mass is 10.2. The second-order valence-electron chi connectivity index (χ2n) is 5.48. The van der Waals surface area contributed by atoms with Crippen LogP contribution in [-0.4, -0.2) is 26.6 Å². The Morgan fingerprint density at radius 3 is 2.19 bits per heavy atom. The van der Waals surface area contributed by atoms with E-state index in [0.717, 1.165) is 16.6 Å². The molecule has 0 saturated heterocycles. The molecule has 0 aliphatic rings. The molecule has 0 unspecified atom stereocenters. The van der Waals surface area contributed by atoms with Gasteiger partial charge in [-0.3, -0.25) is 9.10 Å². The Hall–Kier alpha value is -1.54. The summed E-state index contributed by atoms with van der Waals surface area (Å²) in [5.41, 5.74) is 0.371. The van der Waals surface area contributed by atoms with Crippen LogP contribution in [-0.2, 0) is 14.8 Å². The van der Waals surface area contributed by atoms with Gasteiger partial charge >= 0.3 is 0 Å². The van der Waals surface area contributed by atoms with E-state index in [4.69, 9.17) is 34.8 Å². The Labute approximate surface area is 165 Å². The summed E-state index contributed by atoms with van der Waals surface area (Å²) in [6, 6.07) is 6.70. The quantitative estimate of drug-likeness (QED) is 0.741. The van der Waals surface area contributed by atoms with E-state index in [1.54, 1.807) is 0 Å². The Morgan fingerprint density at radius 1 is 1.12 bits per heavy atom. The maximum atomic E-state index is 13.2. The molecule has 0 aromatic heterocycles. The predicted octanol–water partition coefficient (Wildman–Crippen LogP) is 4.58. The fraction of sp³-hybridized carbons (Fsp3) is 0.188. The fourth-order valence-corrected chi connectivity index (χ4v) is 4.15. The zero-order chi connectivity index (χ0) is 19.6. The third kappa shape index (κ3) is 5.01. The summed E-state index contributed by atoms with van der Waals surface area (Å²) in [6.45, 7) is 1.40. The summed E-state index contributed by atoms with van der Waals surface area (Å²) in [7, 11) is -3.83. The standard InChI is InChI=1S/C16H14Cl3FN2O3S/c1-9(16(23)21-12-3-4-15(20)14(19)8-12)22(26(2,24)25)13-6-10(17)5-11(18)7-13/h3-9H,1-2H3,(H,21,23)/t9-/m1/s1. The van der Waals surface area contributed by atoms with Crippen LogP contribution in [0.25, 0.3) is 0 Å². The molecule has 1 N–H and O–H groups in total. The molecule has 0 saturated carbocycles. The van der Waals surface area contributed by atoms with Gasteiger partial charge in [-0.15, -0.1) is 0 Å². The van der Waals surface area contributed by atoms with Gasteiger partial charge in [-0.05, 0) is 43.3 Å². The number of benzene rings is 2. The number of hydrogen-bond acceptors (Lipinski definition) is 3. The number of halogens is 4. The van der Waals surface area contributed by atoms with Crippen molar-refractivity contribution in [1.29, 1.82) is 0 Å². The van der Waals surface area contributed by atoms with Crippen molar-refractivity contribution in [2.24, 2.45) is 0 Å². The fourth-order valence-electron chi connectivity index (χ4n) is 2.30. The molecule has 0 fully saturated rings. The molecule has 2 rings (SSSR count). The number of amides is 1. The topological polar surface area (TPSA) is 66.5 Å². The van der Waals surface area contributed by atoms with Crippen LogP contribution >= 0.6 is 34.8 Å². The number of rotatable bonds is 5. The minimum Gasteiger partial charge on any atom is -0.324 e. The van der Waals surface area contributed by atoms with Gasteiger partial charge in [-0.1, -0.05) is 34.8 Å².